The van der Waals surface area contributed by atoms with Gasteiger partial charge < -0.3 is 0 Å². The molecule has 0 atom stereocenters. The van der Waals surface area contributed by atoms with E-state index in [1.165, 1.54) is 0 Å². The first-order chi connectivity index (χ1) is 9.05. The van der Waals surface area contributed by atoms with Crippen LogP contribution in [0.15, 0.2) is 42.6 Å². The predicted octanol–water partition coefficient (Wildman–Crippen LogP) is 3.06. The highest BCUT2D eigenvalue weighted by Crippen LogP contribution is 2.44. The van der Waals surface area contributed by atoms with Gasteiger partial charge in [0.1, 0.15) is 0 Å². The molecule has 0 radical (unpaired) electrons. The maximum atomic E-state index is 12.6. The zero-order valence-corrected chi connectivity index (χ0v) is 11.8. The van der Waals surface area contributed by atoms with Gasteiger partial charge in [0, 0.05) is 23.0 Å². The number of carbonyl (C=O) groups excluding carboxylic acids is 2. The van der Waals surface area contributed by atoms with Crippen LogP contribution in [0.3, 0.4) is 0 Å². The van der Waals surface area contributed by atoms with Crippen LogP contribution < -0.4 is 0 Å². The molecule has 3 rings (SSSR count). The number of nitrogens with zero attached hydrogens (tertiary/aromatic N) is 1. The van der Waals surface area contributed by atoms with Crippen LogP contribution in [0.5, 0.6) is 0 Å². The zero-order chi connectivity index (χ0) is 13.6. The molecule has 1 aromatic carbocycles. The molecule has 0 spiro atoms. The summed E-state index contributed by atoms with van der Waals surface area (Å²) in [6.07, 6.45) is 1.61. The van der Waals surface area contributed by atoms with E-state index in [4.69, 9.17) is 0 Å². The Morgan fingerprint density at radius 3 is 2.16 bits per heavy atom. The molecular weight excluding hydrogens is 306 g/mol. The summed E-state index contributed by atoms with van der Waals surface area (Å²) < 4.78 is -1.30. The van der Waals surface area contributed by atoms with Gasteiger partial charge >= 0.3 is 0 Å². The van der Waals surface area contributed by atoms with Crippen molar-refractivity contribution >= 4 is 27.5 Å². The highest BCUT2D eigenvalue weighted by Gasteiger charge is 2.52. The summed E-state index contributed by atoms with van der Waals surface area (Å²) in [5.41, 5.74) is 2.34. The normalized spacial score (nSPS) is 16.5. The van der Waals surface area contributed by atoms with Gasteiger partial charge in [-0.15, -0.1) is 0 Å². The number of alkyl halides is 1. The lowest BCUT2D eigenvalue weighted by Gasteiger charge is -2.18. The second-order valence-electron chi connectivity index (χ2n) is 4.55. The van der Waals surface area contributed by atoms with Crippen LogP contribution in [-0.4, -0.2) is 16.6 Å². The van der Waals surface area contributed by atoms with Gasteiger partial charge in [-0.1, -0.05) is 40.2 Å². The molecular formula is C15H10BrNO2. The van der Waals surface area contributed by atoms with Gasteiger partial charge in [0.05, 0.1) is 0 Å². The first-order valence-corrected chi connectivity index (χ1v) is 6.65. The number of carbonyl (C=O) groups is 2. The Kier molecular flexibility index (Phi) is 2.64. The highest BCUT2D eigenvalue weighted by molar-refractivity contribution is 9.10. The predicted molar refractivity (Wildman–Crippen MR) is 74.7 cm³/mol. The van der Waals surface area contributed by atoms with E-state index in [0.717, 1.165) is 5.69 Å². The van der Waals surface area contributed by atoms with E-state index in [2.05, 4.69) is 20.9 Å². The Morgan fingerprint density at radius 2 is 1.63 bits per heavy atom. The van der Waals surface area contributed by atoms with Crippen LogP contribution in [-0.2, 0) is 4.32 Å². The van der Waals surface area contributed by atoms with E-state index in [9.17, 15) is 9.59 Å². The first kappa shape index (κ1) is 12.2. The molecule has 0 saturated carbocycles. The summed E-state index contributed by atoms with van der Waals surface area (Å²) in [6, 6.07) is 10.4. The Bertz CT molecular complexity index is 674. The molecule has 94 valence electrons. The van der Waals surface area contributed by atoms with Crippen molar-refractivity contribution < 1.29 is 9.59 Å². The number of ketones is 2. The van der Waals surface area contributed by atoms with Crippen LogP contribution >= 0.6 is 15.9 Å². The van der Waals surface area contributed by atoms with Crippen molar-refractivity contribution in [2.45, 2.75) is 11.2 Å². The fourth-order valence-corrected chi connectivity index (χ4v) is 3.05. The van der Waals surface area contributed by atoms with Crippen LogP contribution in [0.4, 0.5) is 0 Å². The Morgan fingerprint density at radius 1 is 1.05 bits per heavy atom. The van der Waals surface area contributed by atoms with Gasteiger partial charge in [0.2, 0.25) is 0 Å². The number of hydrogen-bond acceptors (Lipinski definition) is 3. The van der Waals surface area contributed by atoms with Crippen molar-refractivity contribution in [1.82, 2.24) is 4.98 Å². The monoisotopic (exact) mass is 315 g/mol. The lowest BCUT2D eigenvalue weighted by molar-refractivity contribution is 0.0871. The summed E-state index contributed by atoms with van der Waals surface area (Å²) in [6.45, 7) is 1.83. The van der Waals surface area contributed by atoms with E-state index >= 15 is 0 Å². The van der Waals surface area contributed by atoms with E-state index in [1.54, 1.807) is 42.6 Å². The molecule has 1 aliphatic rings. The summed E-state index contributed by atoms with van der Waals surface area (Å²) >= 11 is 3.37. The lowest BCUT2D eigenvalue weighted by Crippen LogP contribution is -2.31. The van der Waals surface area contributed by atoms with Gasteiger partial charge in [0.25, 0.3) is 0 Å². The molecule has 3 nitrogen and oxygen atoms in total. The van der Waals surface area contributed by atoms with E-state index in [0.29, 0.717) is 16.7 Å². The average molecular weight is 316 g/mol. The van der Waals surface area contributed by atoms with Crippen molar-refractivity contribution in [1.29, 1.82) is 0 Å². The first-order valence-electron chi connectivity index (χ1n) is 5.86. The molecule has 1 heterocycles. The van der Waals surface area contributed by atoms with Gasteiger partial charge in [-0.2, -0.15) is 0 Å². The molecule has 2 aromatic rings. The number of halogens is 1. The fraction of sp³-hybridized carbons (Fsp3) is 0.133. The number of pyridine rings is 1. The quantitative estimate of drug-likeness (QED) is 0.600. The van der Waals surface area contributed by atoms with Crippen molar-refractivity contribution in [2.75, 3.05) is 0 Å². The molecule has 0 aliphatic heterocycles. The molecule has 19 heavy (non-hydrogen) atoms. The Hall–Kier alpha value is -1.81. The second kappa shape index (κ2) is 4.10. The number of benzene rings is 1. The minimum Gasteiger partial charge on any atom is -0.292 e. The Labute approximate surface area is 118 Å². The molecule has 0 unspecified atom stereocenters. The van der Waals surface area contributed by atoms with Crippen molar-refractivity contribution in [2.24, 2.45) is 0 Å². The van der Waals surface area contributed by atoms with Gasteiger partial charge in [-0.05, 0) is 24.6 Å². The highest BCUT2D eigenvalue weighted by atomic mass is 79.9. The minimum atomic E-state index is -1.30. The Balaban J connectivity index is 2.23. The third-order valence-corrected chi connectivity index (χ3v) is 4.51. The van der Waals surface area contributed by atoms with Crippen molar-refractivity contribution in [3.8, 4) is 0 Å². The summed E-state index contributed by atoms with van der Waals surface area (Å²) in [7, 11) is 0. The van der Waals surface area contributed by atoms with Gasteiger partial charge in [-0.3, -0.25) is 14.6 Å². The molecule has 1 aliphatic carbocycles. The van der Waals surface area contributed by atoms with Crippen molar-refractivity contribution in [3.63, 3.8) is 0 Å². The number of fused-ring (bicyclic) bond motifs is 1. The van der Waals surface area contributed by atoms with E-state index in [-0.39, 0.29) is 11.6 Å². The number of rotatable bonds is 1. The smallest absolute Gasteiger partial charge is 0.192 e. The number of hydrogen-bond donors (Lipinski definition) is 0. The average Bonchev–Trinajstić information content (AvgIpc) is 2.63. The molecule has 0 fully saturated rings. The minimum absolute atomic E-state index is 0.210. The summed E-state index contributed by atoms with van der Waals surface area (Å²) in [5, 5.41) is 0. The van der Waals surface area contributed by atoms with Crippen LogP contribution in [0, 0.1) is 6.92 Å². The lowest BCUT2D eigenvalue weighted by atomic mass is 9.94. The summed E-state index contributed by atoms with van der Waals surface area (Å²) in [4.78, 5) is 29.2. The molecule has 0 bridgehead atoms. The third kappa shape index (κ3) is 1.60. The second-order valence-corrected chi connectivity index (χ2v) is 5.74. The van der Waals surface area contributed by atoms with E-state index < -0.39 is 4.32 Å². The topological polar surface area (TPSA) is 47.0 Å². The molecule has 4 heteroatoms. The van der Waals surface area contributed by atoms with Crippen LogP contribution in [0.1, 0.15) is 32.0 Å². The molecule has 1 aromatic heterocycles. The number of Topliss-reactive ketones (excluding diaryl/α,β-unsaturated/α-hetero) is 2. The number of aryl methyl sites for hydroxylation is 1. The molecule has 0 amide bonds. The summed E-state index contributed by atoms with van der Waals surface area (Å²) in [5.74, 6) is -0.419. The maximum absolute atomic E-state index is 12.6. The van der Waals surface area contributed by atoms with Gasteiger partial charge in [-0.25, -0.2) is 0 Å². The zero-order valence-electron chi connectivity index (χ0n) is 10.2. The fourth-order valence-electron chi connectivity index (χ4n) is 2.38. The van der Waals surface area contributed by atoms with Crippen LogP contribution in [0.25, 0.3) is 0 Å². The van der Waals surface area contributed by atoms with Crippen molar-refractivity contribution in [3.05, 3.63) is 65.0 Å². The molecule has 0 saturated heterocycles. The SMILES string of the molecule is Cc1cc(C2(Br)C(=O)c3ccccc3C2=O)ccn1. The largest absolute Gasteiger partial charge is 0.292 e. The molecule has 0 N–H and O–H groups in total. The third-order valence-electron chi connectivity index (χ3n) is 3.34. The van der Waals surface area contributed by atoms with Gasteiger partial charge in [0.15, 0.2) is 15.9 Å². The standard InChI is InChI=1S/C15H10BrNO2/c1-9-8-10(6-7-17-9)15(16)13(18)11-4-2-3-5-12(11)14(15)19/h2-8H,1H3. The maximum Gasteiger partial charge on any atom is 0.192 e. The van der Waals surface area contributed by atoms with E-state index in [1.807, 2.05) is 6.92 Å². The number of aromatic nitrogens is 1. The van der Waals surface area contributed by atoms with Crippen LogP contribution in [0.2, 0.25) is 0 Å².